The molecule has 0 bridgehead atoms. The number of nitrogens with one attached hydrogen (secondary N) is 2. The highest BCUT2D eigenvalue weighted by molar-refractivity contribution is 7.99. The number of thioether (sulfide) groups is 1. The normalized spacial score (nSPS) is 20.4. The molecule has 20 heavy (non-hydrogen) atoms. The lowest BCUT2D eigenvalue weighted by Crippen LogP contribution is -2.41. The first-order valence-corrected chi connectivity index (χ1v) is 7.77. The van der Waals surface area contributed by atoms with Crippen molar-refractivity contribution < 1.29 is 13.6 Å². The third-order valence-electron chi connectivity index (χ3n) is 3.23. The summed E-state index contributed by atoms with van der Waals surface area (Å²) in [6.07, 6.45) is 0.355. The van der Waals surface area contributed by atoms with Gasteiger partial charge in [-0.1, -0.05) is 0 Å². The average Bonchev–Trinajstić information content (AvgIpc) is 2.42. The first kappa shape index (κ1) is 15.3. The van der Waals surface area contributed by atoms with Gasteiger partial charge in [0, 0.05) is 36.1 Å². The Hall–Kier alpha value is -1.14. The fourth-order valence-corrected chi connectivity index (χ4v) is 3.15. The van der Waals surface area contributed by atoms with Crippen LogP contribution in [-0.4, -0.2) is 30.0 Å². The van der Waals surface area contributed by atoms with Crippen molar-refractivity contribution in [1.82, 2.24) is 10.6 Å². The number of hydrogen-bond acceptors (Lipinski definition) is 3. The van der Waals surface area contributed by atoms with Gasteiger partial charge in [-0.25, -0.2) is 8.78 Å². The summed E-state index contributed by atoms with van der Waals surface area (Å²) in [4.78, 5) is 11.9. The van der Waals surface area contributed by atoms with E-state index in [1.165, 1.54) is 0 Å². The number of carbonyl (C=O) groups excluding carboxylic acids is 1. The fraction of sp³-hybridized carbons (Fsp3) is 0.500. The van der Waals surface area contributed by atoms with Crippen LogP contribution in [0, 0.1) is 11.6 Å². The SMILES string of the molecule is CC(NC(=O)CC1CSCCN1)c1cc(F)ccc1F. The molecule has 1 aromatic rings. The van der Waals surface area contributed by atoms with Gasteiger partial charge in [0.15, 0.2) is 0 Å². The van der Waals surface area contributed by atoms with Crippen LogP contribution in [0.4, 0.5) is 8.78 Å². The molecule has 1 fully saturated rings. The Morgan fingerprint density at radius 2 is 2.35 bits per heavy atom. The van der Waals surface area contributed by atoms with Crippen LogP contribution in [0.25, 0.3) is 0 Å². The number of carbonyl (C=O) groups is 1. The monoisotopic (exact) mass is 300 g/mol. The number of hydrogen-bond donors (Lipinski definition) is 2. The van der Waals surface area contributed by atoms with Crippen molar-refractivity contribution in [1.29, 1.82) is 0 Å². The molecule has 0 spiro atoms. The first-order chi connectivity index (χ1) is 9.56. The molecular weight excluding hydrogens is 282 g/mol. The molecule has 1 aliphatic rings. The van der Waals surface area contributed by atoms with Gasteiger partial charge < -0.3 is 10.6 Å². The lowest BCUT2D eigenvalue weighted by Gasteiger charge is -2.23. The summed E-state index contributed by atoms with van der Waals surface area (Å²) < 4.78 is 26.7. The number of amides is 1. The Balaban J connectivity index is 1.91. The second-order valence-electron chi connectivity index (χ2n) is 4.89. The molecule has 1 saturated heterocycles. The maximum atomic E-state index is 13.6. The molecule has 0 aromatic heterocycles. The summed E-state index contributed by atoms with van der Waals surface area (Å²) in [5, 5.41) is 5.98. The quantitative estimate of drug-likeness (QED) is 0.896. The van der Waals surface area contributed by atoms with E-state index in [4.69, 9.17) is 0 Å². The molecule has 2 atom stereocenters. The largest absolute Gasteiger partial charge is 0.349 e. The van der Waals surface area contributed by atoms with E-state index in [1.54, 1.807) is 6.92 Å². The lowest BCUT2D eigenvalue weighted by molar-refractivity contribution is -0.122. The Kier molecular flexibility index (Phi) is 5.37. The molecule has 0 saturated carbocycles. The summed E-state index contributed by atoms with van der Waals surface area (Å²) >= 11 is 1.81. The maximum Gasteiger partial charge on any atom is 0.222 e. The van der Waals surface area contributed by atoms with E-state index in [0.717, 1.165) is 36.2 Å². The third kappa shape index (κ3) is 4.18. The summed E-state index contributed by atoms with van der Waals surface area (Å²) in [6.45, 7) is 2.55. The summed E-state index contributed by atoms with van der Waals surface area (Å²) in [5.74, 6) is 0.790. The molecule has 1 aliphatic heterocycles. The van der Waals surface area contributed by atoms with Gasteiger partial charge in [0.05, 0.1) is 6.04 Å². The van der Waals surface area contributed by atoms with Gasteiger partial charge >= 0.3 is 0 Å². The van der Waals surface area contributed by atoms with E-state index < -0.39 is 17.7 Å². The topological polar surface area (TPSA) is 41.1 Å². The van der Waals surface area contributed by atoms with Crippen molar-refractivity contribution in [2.75, 3.05) is 18.1 Å². The van der Waals surface area contributed by atoms with E-state index in [2.05, 4.69) is 10.6 Å². The van der Waals surface area contributed by atoms with Gasteiger partial charge in [-0.3, -0.25) is 4.79 Å². The highest BCUT2D eigenvalue weighted by Crippen LogP contribution is 2.18. The van der Waals surface area contributed by atoms with Crippen LogP contribution in [0.2, 0.25) is 0 Å². The highest BCUT2D eigenvalue weighted by Gasteiger charge is 2.19. The lowest BCUT2D eigenvalue weighted by atomic mass is 10.1. The van der Waals surface area contributed by atoms with E-state index in [9.17, 15) is 13.6 Å². The van der Waals surface area contributed by atoms with E-state index in [0.29, 0.717) is 6.42 Å². The van der Waals surface area contributed by atoms with Crippen LogP contribution in [0.1, 0.15) is 24.9 Å². The summed E-state index contributed by atoms with van der Waals surface area (Å²) in [7, 11) is 0. The van der Waals surface area contributed by atoms with Crippen molar-refractivity contribution in [3.8, 4) is 0 Å². The van der Waals surface area contributed by atoms with Crippen LogP contribution in [0.15, 0.2) is 18.2 Å². The zero-order chi connectivity index (χ0) is 14.5. The van der Waals surface area contributed by atoms with Gasteiger partial charge in [0.1, 0.15) is 11.6 Å². The van der Waals surface area contributed by atoms with Crippen LogP contribution >= 0.6 is 11.8 Å². The second-order valence-corrected chi connectivity index (χ2v) is 6.03. The molecule has 6 heteroatoms. The smallest absolute Gasteiger partial charge is 0.222 e. The summed E-state index contributed by atoms with van der Waals surface area (Å²) in [6, 6.07) is 2.87. The van der Waals surface area contributed by atoms with Gasteiger partial charge in [0.2, 0.25) is 5.91 Å². The maximum absolute atomic E-state index is 13.6. The average molecular weight is 300 g/mol. The predicted molar refractivity (Wildman–Crippen MR) is 76.6 cm³/mol. The van der Waals surface area contributed by atoms with Crippen molar-refractivity contribution in [3.63, 3.8) is 0 Å². The Labute approximate surface area is 121 Å². The molecule has 2 rings (SSSR count). The minimum Gasteiger partial charge on any atom is -0.349 e. The van der Waals surface area contributed by atoms with Gasteiger partial charge in [-0.15, -0.1) is 0 Å². The molecule has 3 nitrogen and oxygen atoms in total. The zero-order valence-electron chi connectivity index (χ0n) is 11.3. The zero-order valence-corrected chi connectivity index (χ0v) is 12.1. The van der Waals surface area contributed by atoms with Crippen LogP contribution < -0.4 is 10.6 Å². The second kappa shape index (κ2) is 7.04. The Bertz CT molecular complexity index is 478. The molecule has 2 unspecified atom stereocenters. The first-order valence-electron chi connectivity index (χ1n) is 6.61. The van der Waals surface area contributed by atoms with E-state index >= 15 is 0 Å². The molecule has 0 radical (unpaired) electrons. The molecule has 1 amide bonds. The number of benzene rings is 1. The summed E-state index contributed by atoms with van der Waals surface area (Å²) in [5.41, 5.74) is 0.171. The Morgan fingerprint density at radius 1 is 1.55 bits per heavy atom. The minimum absolute atomic E-state index is 0.151. The van der Waals surface area contributed by atoms with Crippen molar-refractivity contribution in [2.45, 2.75) is 25.4 Å². The van der Waals surface area contributed by atoms with Crippen LogP contribution in [0.5, 0.6) is 0 Å². The van der Waals surface area contributed by atoms with E-state index in [-0.39, 0.29) is 17.5 Å². The molecular formula is C14H18F2N2OS. The Morgan fingerprint density at radius 3 is 3.05 bits per heavy atom. The van der Waals surface area contributed by atoms with Gasteiger partial charge in [-0.05, 0) is 25.1 Å². The van der Waals surface area contributed by atoms with Crippen molar-refractivity contribution in [2.24, 2.45) is 0 Å². The predicted octanol–water partition coefficient (Wildman–Crippen LogP) is 2.24. The van der Waals surface area contributed by atoms with Gasteiger partial charge in [-0.2, -0.15) is 11.8 Å². The third-order valence-corrected chi connectivity index (χ3v) is 4.36. The fourth-order valence-electron chi connectivity index (χ4n) is 2.20. The van der Waals surface area contributed by atoms with E-state index in [1.807, 2.05) is 11.8 Å². The minimum atomic E-state index is -0.547. The van der Waals surface area contributed by atoms with Crippen LogP contribution in [-0.2, 0) is 4.79 Å². The van der Waals surface area contributed by atoms with Crippen LogP contribution in [0.3, 0.4) is 0 Å². The van der Waals surface area contributed by atoms with Crippen molar-refractivity contribution in [3.05, 3.63) is 35.4 Å². The molecule has 0 aliphatic carbocycles. The number of halogens is 2. The molecule has 1 aromatic carbocycles. The molecule has 110 valence electrons. The molecule has 1 heterocycles. The standard InChI is InChI=1S/C14H18F2N2OS/c1-9(12-6-10(15)2-3-13(12)16)18-14(19)7-11-8-20-5-4-17-11/h2-3,6,9,11,17H,4-5,7-8H2,1H3,(H,18,19). The van der Waals surface area contributed by atoms with Crippen molar-refractivity contribution >= 4 is 17.7 Å². The van der Waals surface area contributed by atoms with Gasteiger partial charge in [0.25, 0.3) is 0 Å². The highest BCUT2D eigenvalue weighted by atomic mass is 32.2. The number of rotatable bonds is 4. The molecule has 2 N–H and O–H groups in total.